The average Bonchev–Trinajstić information content (AvgIpc) is 3.59. The first-order valence-corrected chi connectivity index (χ1v) is 16.1. The van der Waals surface area contributed by atoms with Crippen LogP contribution >= 0.6 is 11.8 Å². The highest BCUT2D eigenvalue weighted by molar-refractivity contribution is 8.00. The minimum absolute atomic E-state index is 0.0342. The van der Waals surface area contributed by atoms with Crippen LogP contribution in [0.15, 0.2) is 150 Å². The Hall–Kier alpha value is -6.06. The molecule has 0 aliphatic heterocycles. The first-order chi connectivity index (χ1) is 23.5. The molecule has 1 heterocycles. The largest absolute Gasteiger partial charge is 0.496 e. The number of hydrogen-bond donors (Lipinski definition) is 4. The number of hydrogen-bond acceptors (Lipinski definition) is 5. The topological polar surface area (TPSA) is 112 Å². The molecule has 0 spiro atoms. The third-order valence-corrected chi connectivity index (χ3v) is 8.72. The summed E-state index contributed by atoms with van der Waals surface area (Å²) < 4.78 is 5.47. The Balaban J connectivity index is 1.24. The molecule has 0 saturated carbocycles. The molecule has 0 bridgehead atoms. The zero-order valence-electron chi connectivity index (χ0n) is 26.0. The minimum Gasteiger partial charge on any atom is -0.496 e. The second-order valence-electron chi connectivity index (χ2n) is 10.8. The van der Waals surface area contributed by atoms with E-state index in [9.17, 15) is 14.4 Å². The molecule has 0 fully saturated rings. The number of H-pyrrole nitrogens is 1. The second kappa shape index (κ2) is 15.0. The molecule has 0 radical (unpaired) electrons. The minimum atomic E-state index is -0.581. The molecule has 9 heteroatoms. The van der Waals surface area contributed by atoms with Crippen molar-refractivity contribution in [2.75, 3.05) is 17.7 Å². The second-order valence-corrected chi connectivity index (χ2v) is 12.0. The lowest BCUT2D eigenvalue weighted by molar-refractivity contribution is -0.116. The summed E-state index contributed by atoms with van der Waals surface area (Å²) in [5.74, 6) is -0.585. The molecule has 6 aromatic rings. The van der Waals surface area contributed by atoms with Gasteiger partial charge in [-0.15, -0.1) is 11.8 Å². The number of benzene rings is 5. The van der Waals surface area contributed by atoms with Gasteiger partial charge in [0.2, 0.25) is 5.91 Å². The van der Waals surface area contributed by atoms with E-state index in [1.165, 1.54) is 11.8 Å². The molecule has 4 N–H and O–H groups in total. The predicted molar refractivity (Wildman–Crippen MR) is 192 cm³/mol. The van der Waals surface area contributed by atoms with Crippen LogP contribution < -0.4 is 20.7 Å². The number of aromatic amines is 1. The van der Waals surface area contributed by atoms with E-state index in [1.54, 1.807) is 61.7 Å². The summed E-state index contributed by atoms with van der Waals surface area (Å²) in [5, 5.41) is 9.21. The fourth-order valence-corrected chi connectivity index (χ4v) is 6.18. The van der Waals surface area contributed by atoms with Crippen molar-refractivity contribution in [3.8, 4) is 5.75 Å². The number of carbonyl (C=O) groups excluding carboxylic acids is 3. The van der Waals surface area contributed by atoms with E-state index in [0.29, 0.717) is 28.3 Å². The van der Waals surface area contributed by atoms with Gasteiger partial charge in [0.1, 0.15) is 16.7 Å². The van der Waals surface area contributed by atoms with Crippen molar-refractivity contribution in [1.29, 1.82) is 0 Å². The standard InChI is InChI=1S/C39H32N4O4S/c1-47-35-18-9-8-15-29(35)23-34(43-37(44)28-13-6-3-7-14-28)38(45)41-30-16-10-17-32(24-30)48-36(27-11-4-2-5-12-27)39(46)42-31-20-19-26-21-22-40-33(26)25-31/h2-25,36,40H,1H3,(H,41,45)(H,42,46)(H,43,44)/b34-23+. The lowest BCUT2D eigenvalue weighted by atomic mass is 10.1. The van der Waals surface area contributed by atoms with Crippen LogP contribution in [-0.4, -0.2) is 29.8 Å². The van der Waals surface area contributed by atoms with Crippen molar-refractivity contribution in [1.82, 2.24) is 10.3 Å². The first kappa shape index (κ1) is 31.9. The zero-order chi connectivity index (χ0) is 33.3. The summed E-state index contributed by atoms with van der Waals surface area (Å²) in [6, 6.07) is 40.4. The number of anilines is 2. The van der Waals surface area contributed by atoms with Crippen molar-refractivity contribution in [3.05, 3.63) is 162 Å². The van der Waals surface area contributed by atoms with Gasteiger partial charge in [0.05, 0.1) is 7.11 Å². The number of ether oxygens (including phenoxy) is 1. The molecule has 3 amide bonds. The van der Waals surface area contributed by atoms with Crippen LogP contribution in [0.4, 0.5) is 11.4 Å². The number of rotatable bonds is 11. The fraction of sp³-hybridized carbons (Fsp3) is 0.0513. The van der Waals surface area contributed by atoms with Gasteiger partial charge in [0.15, 0.2) is 0 Å². The van der Waals surface area contributed by atoms with Crippen LogP contribution in [0, 0.1) is 0 Å². The van der Waals surface area contributed by atoms with E-state index >= 15 is 0 Å². The van der Waals surface area contributed by atoms with Gasteiger partial charge in [-0.1, -0.05) is 78.9 Å². The van der Waals surface area contributed by atoms with Gasteiger partial charge in [-0.2, -0.15) is 0 Å². The summed E-state index contributed by atoms with van der Waals surface area (Å²) in [5.41, 5.74) is 4.01. The Labute approximate surface area is 282 Å². The summed E-state index contributed by atoms with van der Waals surface area (Å²) in [4.78, 5) is 44.5. The van der Waals surface area contributed by atoms with Crippen LogP contribution in [0.3, 0.4) is 0 Å². The summed E-state index contributed by atoms with van der Waals surface area (Å²) in [7, 11) is 1.54. The Bertz CT molecular complexity index is 2090. The SMILES string of the molecule is COc1ccccc1/C=C(/NC(=O)c1ccccc1)C(=O)Nc1cccc(SC(C(=O)Nc2ccc3cc[nH]c3c2)c2ccccc2)c1. The maximum atomic E-state index is 13.7. The number of thioether (sulfide) groups is 1. The van der Waals surface area contributed by atoms with Crippen molar-refractivity contribution in [2.24, 2.45) is 0 Å². The number of carbonyl (C=O) groups is 3. The number of para-hydroxylation sites is 1. The smallest absolute Gasteiger partial charge is 0.272 e. The molecule has 0 saturated heterocycles. The number of fused-ring (bicyclic) bond motifs is 1. The van der Waals surface area contributed by atoms with Gasteiger partial charge in [0.25, 0.3) is 11.8 Å². The monoisotopic (exact) mass is 652 g/mol. The first-order valence-electron chi connectivity index (χ1n) is 15.2. The van der Waals surface area contributed by atoms with Gasteiger partial charge in [0, 0.05) is 39.1 Å². The summed E-state index contributed by atoms with van der Waals surface area (Å²) in [6.45, 7) is 0. The Morgan fingerprint density at radius 3 is 2.27 bits per heavy atom. The number of methoxy groups -OCH3 is 1. The number of nitrogens with one attached hydrogen (secondary N) is 4. The van der Waals surface area contributed by atoms with Gasteiger partial charge in [-0.25, -0.2) is 0 Å². The quantitative estimate of drug-likeness (QED) is 0.0836. The molecular formula is C39H32N4O4S. The van der Waals surface area contributed by atoms with Gasteiger partial charge >= 0.3 is 0 Å². The van der Waals surface area contributed by atoms with Crippen LogP contribution in [-0.2, 0) is 9.59 Å². The average molecular weight is 653 g/mol. The molecular weight excluding hydrogens is 621 g/mol. The molecule has 6 rings (SSSR count). The highest BCUT2D eigenvalue weighted by atomic mass is 32.2. The van der Waals surface area contributed by atoms with Crippen molar-refractivity contribution >= 4 is 57.8 Å². The maximum absolute atomic E-state index is 13.7. The van der Waals surface area contributed by atoms with Gasteiger partial charge in [-0.3, -0.25) is 14.4 Å². The van der Waals surface area contributed by atoms with E-state index in [4.69, 9.17) is 4.74 Å². The predicted octanol–water partition coefficient (Wildman–Crippen LogP) is 8.06. The van der Waals surface area contributed by atoms with Crippen LogP contribution in [0.25, 0.3) is 17.0 Å². The molecule has 1 atom stereocenters. The highest BCUT2D eigenvalue weighted by Gasteiger charge is 2.23. The van der Waals surface area contributed by atoms with E-state index in [2.05, 4.69) is 20.9 Å². The molecule has 0 aliphatic rings. The van der Waals surface area contributed by atoms with E-state index in [1.807, 2.05) is 91.1 Å². The molecule has 0 aliphatic carbocycles. The third kappa shape index (κ3) is 7.83. The lowest BCUT2D eigenvalue weighted by Crippen LogP contribution is -2.30. The van der Waals surface area contributed by atoms with E-state index in [0.717, 1.165) is 21.4 Å². The highest BCUT2D eigenvalue weighted by Crippen LogP contribution is 2.37. The Morgan fingerprint density at radius 2 is 1.48 bits per heavy atom. The van der Waals surface area contributed by atoms with E-state index in [-0.39, 0.29) is 11.6 Å². The summed E-state index contributed by atoms with van der Waals surface area (Å²) >= 11 is 1.37. The normalized spacial score (nSPS) is 11.8. The molecule has 5 aromatic carbocycles. The van der Waals surface area contributed by atoms with E-state index < -0.39 is 17.1 Å². The van der Waals surface area contributed by atoms with Crippen molar-refractivity contribution < 1.29 is 19.1 Å². The Morgan fingerprint density at radius 1 is 0.750 bits per heavy atom. The van der Waals surface area contributed by atoms with Crippen LogP contribution in [0.5, 0.6) is 5.75 Å². The molecule has 1 aromatic heterocycles. The molecule has 8 nitrogen and oxygen atoms in total. The van der Waals surface area contributed by atoms with Gasteiger partial charge in [-0.05, 0) is 71.6 Å². The van der Waals surface area contributed by atoms with Gasteiger partial charge < -0.3 is 25.7 Å². The zero-order valence-corrected chi connectivity index (χ0v) is 26.8. The maximum Gasteiger partial charge on any atom is 0.272 e. The third-order valence-electron chi connectivity index (χ3n) is 7.48. The lowest BCUT2D eigenvalue weighted by Gasteiger charge is -2.18. The fourth-order valence-electron chi connectivity index (χ4n) is 5.10. The molecule has 1 unspecified atom stereocenters. The van der Waals surface area contributed by atoms with Crippen molar-refractivity contribution in [3.63, 3.8) is 0 Å². The Kier molecular flexibility index (Phi) is 9.98. The summed E-state index contributed by atoms with van der Waals surface area (Å²) in [6.07, 6.45) is 3.44. The molecule has 48 heavy (non-hydrogen) atoms. The number of amides is 3. The molecule has 238 valence electrons. The van der Waals surface area contributed by atoms with Crippen LogP contribution in [0.2, 0.25) is 0 Å². The van der Waals surface area contributed by atoms with Crippen molar-refractivity contribution in [2.45, 2.75) is 10.1 Å². The number of aromatic nitrogens is 1. The van der Waals surface area contributed by atoms with Crippen LogP contribution in [0.1, 0.15) is 26.7 Å².